The van der Waals surface area contributed by atoms with E-state index in [0.29, 0.717) is 12.2 Å². The van der Waals surface area contributed by atoms with Crippen molar-refractivity contribution in [2.24, 2.45) is 0 Å². The molecule has 1 aromatic rings. The van der Waals surface area contributed by atoms with E-state index in [1.54, 1.807) is 6.07 Å². The Labute approximate surface area is 75.9 Å². The Balaban J connectivity index is 2.44. The summed E-state index contributed by atoms with van der Waals surface area (Å²) >= 11 is 0. The number of nitro groups is 1. The highest BCUT2D eigenvalue weighted by atomic mass is 16.6. The summed E-state index contributed by atoms with van der Waals surface area (Å²) in [6.45, 7) is 3.68. The zero-order valence-corrected chi connectivity index (χ0v) is 7.45. The minimum absolute atomic E-state index is 0.188. The molecule has 0 saturated heterocycles. The van der Waals surface area contributed by atoms with Crippen molar-refractivity contribution < 1.29 is 9.34 Å². The van der Waals surface area contributed by atoms with Gasteiger partial charge in [-0.15, -0.1) is 0 Å². The highest BCUT2D eigenvalue weighted by Crippen LogP contribution is 2.15. The van der Waals surface area contributed by atoms with Gasteiger partial charge in [0.25, 0.3) is 0 Å². The van der Waals surface area contributed by atoms with Crippen LogP contribution in [-0.2, 0) is 6.42 Å². The van der Waals surface area contributed by atoms with Gasteiger partial charge >= 0.3 is 5.88 Å². The molecular weight excluding hydrogens is 172 g/mol. The van der Waals surface area contributed by atoms with E-state index in [1.807, 2.05) is 6.92 Å². The van der Waals surface area contributed by atoms with Crippen molar-refractivity contribution in [3.63, 3.8) is 0 Å². The lowest BCUT2D eigenvalue weighted by atomic mass is 10.3. The minimum atomic E-state index is -0.531. The fraction of sp³-hybridized carbons (Fsp3) is 0.500. The van der Waals surface area contributed by atoms with Crippen molar-refractivity contribution >= 4 is 5.88 Å². The van der Waals surface area contributed by atoms with Crippen LogP contribution in [0.1, 0.15) is 12.7 Å². The van der Waals surface area contributed by atoms with Crippen molar-refractivity contribution in [2.75, 3.05) is 13.1 Å². The highest BCUT2D eigenvalue weighted by molar-refractivity contribution is 5.17. The normalized spacial score (nSPS) is 10.2. The molecule has 1 N–H and O–H groups in total. The van der Waals surface area contributed by atoms with Gasteiger partial charge in [-0.2, -0.15) is 0 Å². The summed E-state index contributed by atoms with van der Waals surface area (Å²) in [6.07, 6.45) is 0.682. The summed E-state index contributed by atoms with van der Waals surface area (Å²) < 4.78 is 4.95. The lowest BCUT2D eigenvalue weighted by Gasteiger charge is -1.96. The number of nitrogens with one attached hydrogen (secondary N) is 1. The molecule has 0 saturated carbocycles. The molecule has 0 aromatic carbocycles. The second-order valence-corrected chi connectivity index (χ2v) is 2.60. The Hall–Kier alpha value is -1.36. The Morgan fingerprint density at radius 1 is 1.62 bits per heavy atom. The van der Waals surface area contributed by atoms with Crippen LogP contribution in [0.5, 0.6) is 0 Å². The number of hydrogen-bond acceptors (Lipinski definition) is 4. The van der Waals surface area contributed by atoms with E-state index in [0.717, 1.165) is 13.1 Å². The lowest BCUT2D eigenvalue weighted by molar-refractivity contribution is -0.402. The molecular formula is C8H12N2O3. The summed E-state index contributed by atoms with van der Waals surface area (Å²) in [4.78, 5) is 9.71. The van der Waals surface area contributed by atoms with Gasteiger partial charge in [0.15, 0.2) is 0 Å². The third-order valence-electron chi connectivity index (χ3n) is 1.63. The zero-order chi connectivity index (χ0) is 9.68. The Kier molecular flexibility index (Phi) is 3.45. The highest BCUT2D eigenvalue weighted by Gasteiger charge is 2.10. The molecule has 72 valence electrons. The van der Waals surface area contributed by atoms with E-state index in [9.17, 15) is 10.1 Å². The van der Waals surface area contributed by atoms with Crippen molar-refractivity contribution in [1.82, 2.24) is 5.32 Å². The number of hydrogen-bond donors (Lipinski definition) is 1. The predicted octanol–water partition coefficient (Wildman–Crippen LogP) is 1.34. The van der Waals surface area contributed by atoms with Crippen LogP contribution in [0.2, 0.25) is 0 Å². The van der Waals surface area contributed by atoms with Crippen molar-refractivity contribution in [3.05, 3.63) is 28.0 Å². The minimum Gasteiger partial charge on any atom is -0.406 e. The van der Waals surface area contributed by atoms with Crippen LogP contribution in [0.25, 0.3) is 0 Å². The molecule has 0 unspecified atom stereocenters. The molecule has 1 aromatic heterocycles. The molecule has 0 bridgehead atoms. The summed E-state index contributed by atoms with van der Waals surface area (Å²) in [6, 6.07) is 3.01. The molecule has 0 spiro atoms. The fourth-order valence-electron chi connectivity index (χ4n) is 0.987. The average Bonchev–Trinajstić information content (AvgIpc) is 2.53. The van der Waals surface area contributed by atoms with E-state index < -0.39 is 4.92 Å². The molecule has 0 amide bonds. The first-order chi connectivity index (χ1) is 6.24. The van der Waals surface area contributed by atoms with Crippen LogP contribution >= 0.6 is 0 Å². The van der Waals surface area contributed by atoms with Crippen molar-refractivity contribution in [3.8, 4) is 0 Å². The molecule has 1 rings (SSSR count). The summed E-state index contributed by atoms with van der Waals surface area (Å²) in [5.41, 5.74) is 0. The SMILES string of the molecule is CCNCCc1ccc([N+](=O)[O-])o1. The molecule has 13 heavy (non-hydrogen) atoms. The average molecular weight is 184 g/mol. The van der Waals surface area contributed by atoms with Gasteiger partial charge in [0.1, 0.15) is 10.7 Å². The number of nitrogens with zero attached hydrogens (tertiary/aromatic N) is 1. The van der Waals surface area contributed by atoms with Crippen LogP contribution in [0.15, 0.2) is 16.5 Å². The summed E-state index contributed by atoms with van der Waals surface area (Å²) in [5.74, 6) is 0.458. The first-order valence-corrected chi connectivity index (χ1v) is 4.18. The van der Waals surface area contributed by atoms with Crippen LogP contribution < -0.4 is 5.32 Å². The van der Waals surface area contributed by atoms with Crippen LogP contribution in [0.4, 0.5) is 5.88 Å². The molecule has 0 radical (unpaired) electrons. The fourth-order valence-corrected chi connectivity index (χ4v) is 0.987. The van der Waals surface area contributed by atoms with Crippen LogP contribution in [0.3, 0.4) is 0 Å². The second kappa shape index (κ2) is 4.61. The number of likely N-dealkylation sites (N-methyl/N-ethyl adjacent to an activating group) is 1. The van der Waals surface area contributed by atoms with Gasteiger partial charge in [-0.1, -0.05) is 6.92 Å². The number of rotatable bonds is 5. The van der Waals surface area contributed by atoms with Gasteiger partial charge in [-0.25, -0.2) is 0 Å². The van der Waals surface area contributed by atoms with Gasteiger partial charge in [0, 0.05) is 13.0 Å². The van der Waals surface area contributed by atoms with E-state index in [1.165, 1.54) is 6.07 Å². The maximum atomic E-state index is 10.2. The van der Waals surface area contributed by atoms with E-state index in [2.05, 4.69) is 5.32 Å². The summed E-state index contributed by atoms with van der Waals surface area (Å²) in [7, 11) is 0. The topological polar surface area (TPSA) is 68.3 Å². The first kappa shape index (κ1) is 9.73. The van der Waals surface area contributed by atoms with E-state index in [4.69, 9.17) is 4.42 Å². The van der Waals surface area contributed by atoms with Crippen LogP contribution in [0, 0.1) is 10.1 Å². The number of furan rings is 1. The molecule has 0 aliphatic carbocycles. The largest absolute Gasteiger partial charge is 0.433 e. The van der Waals surface area contributed by atoms with E-state index in [-0.39, 0.29) is 5.88 Å². The molecule has 5 heteroatoms. The first-order valence-electron chi connectivity index (χ1n) is 4.18. The molecule has 0 fully saturated rings. The zero-order valence-electron chi connectivity index (χ0n) is 7.45. The maximum Gasteiger partial charge on any atom is 0.433 e. The quantitative estimate of drug-likeness (QED) is 0.426. The van der Waals surface area contributed by atoms with Gasteiger partial charge in [0.2, 0.25) is 0 Å². The monoisotopic (exact) mass is 184 g/mol. The standard InChI is InChI=1S/C8H12N2O3/c1-2-9-6-5-7-3-4-8(13-7)10(11)12/h3-4,9H,2,5-6H2,1H3. The third-order valence-corrected chi connectivity index (χ3v) is 1.63. The van der Waals surface area contributed by atoms with Gasteiger partial charge in [-0.3, -0.25) is 10.1 Å². The smallest absolute Gasteiger partial charge is 0.406 e. The Morgan fingerprint density at radius 3 is 2.92 bits per heavy atom. The lowest BCUT2D eigenvalue weighted by Crippen LogP contribution is -2.15. The van der Waals surface area contributed by atoms with Crippen molar-refractivity contribution in [2.45, 2.75) is 13.3 Å². The third kappa shape index (κ3) is 2.87. The molecule has 0 aliphatic rings. The molecule has 0 aliphatic heterocycles. The van der Waals surface area contributed by atoms with E-state index >= 15 is 0 Å². The van der Waals surface area contributed by atoms with Gasteiger partial charge in [0.05, 0.1) is 6.07 Å². The maximum absolute atomic E-state index is 10.2. The van der Waals surface area contributed by atoms with Gasteiger partial charge < -0.3 is 9.73 Å². The second-order valence-electron chi connectivity index (χ2n) is 2.60. The Bertz CT molecular complexity index is 283. The molecule has 0 atom stereocenters. The predicted molar refractivity (Wildman–Crippen MR) is 47.6 cm³/mol. The summed E-state index contributed by atoms with van der Waals surface area (Å²) in [5, 5.41) is 13.3. The Morgan fingerprint density at radius 2 is 2.38 bits per heavy atom. The van der Waals surface area contributed by atoms with Gasteiger partial charge in [-0.05, 0) is 12.6 Å². The molecule has 1 heterocycles. The molecule has 5 nitrogen and oxygen atoms in total. The van der Waals surface area contributed by atoms with Crippen LogP contribution in [-0.4, -0.2) is 18.0 Å². The van der Waals surface area contributed by atoms with Crippen molar-refractivity contribution in [1.29, 1.82) is 0 Å².